The van der Waals surface area contributed by atoms with Crippen molar-refractivity contribution in [2.24, 2.45) is 0 Å². The first-order chi connectivity index (χ1) is 14.2. The molecule has 0 unspecified atom stereocenters. The molecule has 0 saturated heterocycles. The molecule has 0 atom stereocenters. The number of amides is 1. The van der Waals surface area contributed by atoms with Crippen molar-refractivity contribution in [3.8, 4) is 0 Å². The number of hydrogen-bond donors (Lipinski definition) is 2. The number of carbonyl (C=O) groups excluding carboxylic acids is 2. The fraction of sp³-hybridized carbons (Fsp3) is 0.200. The van der Waals surface area contributed by atoms with Crippen molar-refractivity contribution in [1.82, 2.24) is 14.6 Å². The van der Waals surface area contributed by atoms with Crippen LogP contribution in [0.25, 0.3) is 10.9 Å². The standard InChI is InChI=1S/C20H20BrN3O5S/c1-24(2)30(27,28)18-6-4-3-5-13(18)11-22-19(25)12-29-20(26)17-10-14-9-15(21)7-8-16(14)23-17/h3-10,23H,11-12H2,1-2H3,(H,22,25). The van der Waals surface area contributed by atoms with Crippen molar-refractivity contribution < 1.29 is 22.7 Å². The van der Waals surface area contributed by atoms with Gasteiger partial charge in [-0.2, -0.15) is 0 Å². The van der Waals surface area contributed by atoms with Gasteiger partial charge in [0.05, 0.1) is 4.90 Å². The molecule has 1 aromatic heterocycles. The molecule has 0 aliphatic rings. The average Bonchev–Trinajstić information content (AvgIpc) is 3.13. The predicted molar refractivity (Wildman–Crippen MR) is 115 cm³/mol. The molecule has 1 amide bonds. The Morgan fingerprint density at radius 3 is 2.60 bits per heavy atom. The molecular formula is C20H20BrN3O5S. The Morgan fingerprint density at radius 1 is 1.13 bits per heavy atom. The van der Waals surface area contributed by atoms with Crippen LogP contribution in [0.3, 0.4) is 0 Å². The summed E-state index contributed by atoms with van der Waals surface area (Å²) in [5, 5.41) is 3.41. The summed E-state index contributed by atoms with van der Waals surface area (Å²) >= 11 is 3.37. The van der Waals surface area contributed by atoms with E-state index in [1.165, 1.54) is 20.2 Å². The molecule has 3 aromatic rings. The highest BCUT2D eigenvalue weighted by Crippen LogP contribution is 2.21. The van der Waals surface area contributed by atoms with Gasteiger partial charge in [0.15, 0.2) is 6.61 Å². The largest absolute Gasteiger partial charge is 0.451 e. The van der Waals surface area contributed by atoms with Crippen LogP contribution in [0, 0.1) is 0 Å². The lowest BCUT2D eigenvalue weighted by molar-refractivity contribution is -0.124. The molecular weight excluding hydrogens is 474 g/mol. The average molecular weight is 494 g/mol. The topological polar surface area (TPSA) is 109 Å². The van der Waals surface area contributed by atoms with Gasteiger partial charge in [0.25, 0.3) is 5.91 Å². The number of halogens is 1. The summed E-state index contributed by atoms with van der Waals surface area (Å²) in [6.45, 7) is -0.499. The van der Waals surface area contributed by atoms with Crippen molar-refractivity contribution in [2.75, 3.05) is 20.7 Å². The third-order valence-corrected chi connectivity index (χ3v) is 6.75. The molecule has 0 spiro atoms. The fourth-order valence-corrected chi connectivity index (χ4v) is 4.26. The predicted octanol–water partition coefficient (Wildman–Crippen LogP) is 2.65. The van der Waals surface area contributed by atoms with Crippen LogP contribution in [0.4, 0.5) is 0 Å². The maximum absolute atomic E-state index is 12.4. The minimum atomic E-state index is -3.64. The van der Waals surface area contributed by atoms with Crippen molar-refractivity contribution in [1.29, 1.82) is 0 Å². The number of H-pyrrole nitrogens is 1. The van der Waals surface area contributed by atoms with E-state index in [2.05, 4.69) is 26.2 Å². The number of hydrogen-bond acceptors (Lipinski definition) is 5. The van der Waals surface area contributed by atoms with Crippen molar-refractivity contribution in [2.45, 2.75) is 11.4 Å². The quantitative estimate of drug-likeness (QED) is 0.491. The highest BCUT2D eigenvalue weighted by atomic mass is 79.9. The van der Waals surface area contributed by atoms with Gasteiger partial charge in [0.1, 0.15) is 5.69 Å². The van der Waals surface area contributed by atoms with Gasteiger partial charge in [0.2, 0.25) is 10.0 Å². The van der Waals surface area contributed by atoms with Gasteiger partial charge in [-0.3, -0.25) is 4.79 Å². The second-order valence-electron chi connectivity index (χ2n) is 6.66. The number of nitrogens with one attached hydrogen (secondary N) is 2. The first-order valence-corrected chi connectivity index (χ1v) is 11.1. The number of benzene rings is 2. The molecule has 30 heavy (non-hydrogen) atoms. The zero-order valence-corrected chi connectivity index (χ0v) is 18.7. The number of sulfonamides is 1. The highest BCUT2D eigenvalue weighted by Gasteiger charge is 2.21. The monoisotopic (exact) mass is 493 g/mol. The molecule has 3 rings (SSSR count). The second-order valence-corrected chi connectivity index (χ2v) is 9.70. The third-order valence-electron chi connectivity index (χ3n) is 4.34. The number of esters is 1. The fourth-order valence-electron chi connectivity index (χ4n) is 2.77. The van der Waals surface area contributed by atoms with Gasteiger partial charge < -0.3 is 15.0 Å². The smallest absolute Gasteiger partial charge is 0.355 e. The number of aromatic amines is 1. The van der Waals surface area contributed by atoms with Crippen molar-refractivity contribution >= 4 is 48.7 Å². The lowest BCUT2D eigenvalue weighted by Gasteiger charge is -2.15. The van der Waals surface area contributed by atoms with E-state index >= 15 is 0 Å². The van der Waals surface area contributed by atoms with Crippen LogP contribution < -0.4 is 5.32 Å². The molecule has 158 valence electrons. The molecule has 8 nitrogen and oxygen atoms in total. The Labute approximate surface area is 182 Å². The molecule has 2 N–H and O–H groups in total. The van der Waals surface area contributed by atoms with Crippen LogP contribution in [0.15, 0.2) is 57.9 Å². The number of carbonyl (C=O) groups is 2. The van der Waals surface area contributed by atoms with Gasteiger partial charge >= 0.3 is 5.97 Å². The van der Waals surface area contributed by atoms with Crippen LogP contribution in [-0.2, 0) is 26.1 Å². The Morgan fingerprint density at radius 2 is 1.87 bits per heavy atom. The minimum Gasteiger partial charge on any atom is -0.451 e. The number of fused-ring (bicyclic) bond motifs is 1. The van der Waals surface area contributed by atoms with Crippen molar-refractivity contribution in [3.63, 3.8) is 0 Å². The Balaban J connectivity index is 1.59. The number of rotatable bonds is 7. The number of nitrogens with zero attached hydrogens (tertiary/aromatic N) is 1. The van der Waals surface area contributed by atoms with E-state index in [9.17, 15) is 18.0 Å². The molecule has 0 fully saturated rings. The number of aromatic nitrogens is 1. The lowest BCUT2D eigenvalue weighted by Crippen LogP contribution is -2.30. The highest BCUT2D eigenvalue weighted by molar-refractivity contribution is 9.10. The van der Waals surface area contributed by atoms with E-state index in [0.717, 1.165) is 19.7 Å². The summed E-state index contributed by atoms with van der Waals surface area (Å²) in [5.41, 5.74) is 1.44. The van der Waals surface area contributed by atoms with Crippen LogP contribution in [-0.4, -0.2) is 50.3 Å². The van der Waals surface area contributed by atoms with Crippen LogP contribution in [0.5, 0.6) is 0 Å². The van der Waals surface area contributed by atoms with Crippen LogP contribution >= 0.6 is 15.9 Å². The Bertz CT molecular complexity index is 1200. The van der Waals surface area contributed by atoms with Crippen LogP contribution in [0.2, 0.25) is 0 Å². The second kappa shape index (κ2) is 8.99. The summed E-state index contributed by atoms with van der Waals surface area (Å²) in [4.78, 5) is 27.4. The van der Waals surface area contributed by atoms with Gasteiger partial charge in [-0.15, -0.1) is 0 Å². The van der Waals surface area contributed by atoms with E-state index in [4.69, 9.17) is 4.74 Å². The van der Waals surface area contributed by atoms with Crippen LogP contribution in [0.1, 0.15) is 16.1 Å². The molecule has 0 bridgehead atoms. The zero-order chi connectivity index (χ0) is 21.9. The first kappa shape index (κ1) is 22.0. The first-order valence-electron chi connectivity index (χ1n) is 8.91. The SMILES string of the molecule is CN(C)S(=O)(=O)c1ccccc1CNC(=O)COC(=O)c1cc2cc(Br)ccc2[nH]1. The summed E-state index contributed by atoms with van der Waals surface area (Å²) in [6, 6.07) is 13.6. The molecule has 0 radical (unpaired) electrons. The van der Waals surface area contributed by atoms with E-state index in [-0.39, 0.29) is 17.1 Å². The van der Waals surface area contributed by atoms with E-state index in [1.54, 1.807) is 24.3 Å². The molecule has 0 aliphatic heterocycles. The number of ether oxygens (including phenoxy) is 1. The molecule has 2 aromatic carbocycles. The Hall–Kier alpha value is -2.69. The van der Waals surface area contributed by atoms with Gasteiger partial charge in [-0.1, -0.05) is 34.1 Å². The maximum Gasteiger partial charge on any atom is 0.355 e. The Kier molecular flexibility index (Phi) is 6.59. The normalized spacial score (nSPS) is 11.6. The van der Waals surface area contributed by atoms with Crippen molar-refractivity contribution in [3.05, 3.63) is 64.3 Å². The molecule has 0 saturated carbocycles. The minimum absolute atomic E-state index is 0.0138. The third kappa shape index (κ3) is 4.89. The van der Waals surface area contributed by atoms with Gasteiger partial charge in [-0.05, 0) is 35.9 Å². The summed E-state index contributed by atoms with van der Waals surface area (Å²) in [7, 11) is -0.769. The van der Waals surface area contributed by atoms with E-state index in [1.807, 2.05) is 18.2 Å². The van der Waals surface area contributed by atoms with Gasteiger partial charge in [-0.25, -0.2) is 17.5 Å². The van der Waals surface area contributed by atoms with E-state index < -0.39 is 28.5 Å². The summed E-state index contributed by atoms with van der Waals surface area (Å²) < 4.78 is 31.8. The summed E-state index contributed by atoms with van der Waals surface area (Å²) in [6.07, 6.45) is 0. The molecule has 1 heterocycles. The zero-order valence-electron chi connectivity index (χ0n) is 16.3. The molecule has 0 aliphatic carbocycles. The lowest BCUT2D eigenvalue weighted by atomic mass is 10.2. The molecule has 10 heteroatoms. The van der Waals surface area contributed by atoms with E-state index in [0.29, 0.717) is 5.56 Å². The summed E-state index contributed by atoms with van der Waals surface area (Å²) in [5.74, 6) is -1.20. The maximum atomic E-state index is 12.4. The van der Waals surface area contributed by atoms with Gasteiger partial charge in [0, 0.05) is 36.0 Å².